The first kappa shape index (κ1) is 26.8. The van der Waals surface area contributed by atoms with E-state index in [1.54, 1.807) is 50.8 Å². The highest BCUT2D eigenvalue weighted by atomic mass is 32.1. The minimum absolute atomic E-state index is 0.201. The number of anilines is 1. The van der Waals surface area contributed by atoms with E-state index >= 15 is 0 Å². The van der Waals surface area contributed by atoms with E-state index in [-0.39, 0.29) is 12.2 Å². The molecule has 0 unspecified atom stereocenters. The molecule has 11 heteroatoms. The lowest BCUT2D eigenvalue weighted by Gasteiger charge is -2.32. The van der Waals surface area contributed by atoms with Crippen LogP contribution in [0.2, 0.25) is 0 Å². The Kier molecular flexibility index (Phi) is 7.62. The molecule has 1 atom stereocenters. The number of fused-ring (bicyclic) bond motifs is 1. The number of aromatic nitrogens is 1. The molecule has 0 saturated carbocycles. The molecule has 0 bridgehead atoms. The van der Waals surface area contributed by atoms with Crippen LogP contribution in [0.1, 0.15) is 31.2 Å². The van der Waals surface area contributed by atoms with E-state index in [4.69, 9.17) is 18.6 Å². The largest absolute Gasteiger partial charge is 0.493 e. The zero-order chi connectivity index (χ0) is 27.7. The molecule has 206 valence electrons. The van der Waals surface area contributed by atoms with Gasteiger partial charge in [0, 0.05) is 38.3 Å². The molecule has 0 N–H and O–H groups in total. The Morgan fingerprint density at radius 1 is 1.13 bits per heavy atom. The molecule has 1 aromatic carbocycles. The standard InChI is InChI=1S/C28H32N4O6S/c1-6-37-27(34)24-17(2)29-28-32(25(24)18-7-9-20(35-4)21(15-18)36-5)26(33)22(39-28)16-19-8-10-23(38-19)31-13-11-30(3)12-14-31/h7-10,15-16,25H,6,11-14H2,1-5H3/b22-16-/t25-/m0/s1. The fourth-order valence-electron chi connectivity index (χ4n) is 4.88. The average Bonchev–Trinajstić information content (AvgIpc) is 3.52. The van der Waals surface area contributed by atoms with Crippen molar-refractivity contribution in [2.24, 2.45) is 4.99 Å². The van der Waals surface area contributed by atoms with Crippen LogP contribution >= 0.6 is 11.3 Å². The molecule has 5 rings (SSSR count). The summed E-state index contributed by atoms with van der Waals surface area (Å²) in [6, 6.07) is 8.39. The van der Waals surface area contributed by atoms with Crippen molar-refractivity contribution in [2.45, 2.75) is 19.9 Å². The van der Waals surface area contributed by atoms with Crippen LogP contribution < -0.4 is 29.3 Å². The van der Waals surface area contributed by atoms with E-state index in [9.17, 15) is 9.59 Å². The molecule has 10 nitrogen and oxygen atoms in total. The summed E-state index contributed by atoms with van der Waals surface area (Å²) in [5.41, 5.74) is 1.20. The van der Waals surface area contributed by atoms with Crippen LogP contribution in [-0.4, -0.2) is 69.5 Å². The Morgan fingerprint density at radius 3 is 2.56 bits per heavy atom. The highest BCUT2D eigenvalue weighted by Crippen LogP contribution is 2.36. The number of rotatable bonds is 7. The maximum atomic E-state index is 13.9. The normalized spacial score (nSPS) is 18.1. The second-order valence-electron chi connectivity index (χ2n) is 9.38. The second-order valence-corrected chi connectivity index (χ2v) is 10.4. The summed E-state index contributed by atoms with van der Waals surface area (Å²) in [7, 11) is 5.20. The van der Waals surface area contributed by atoms with Gasteiger partial charge in [0.2, 0.25) is 0 Å². The van der Waals surface area contributed by atoms with Crippen molar-refractivity contribution in [3.63, 3.8) is 0 Å². The van der Waals surface area contributed by atoms with Crippen molar-refractivity contribution >= 4 is 29.3 Å². The van der Waals surface area contributed by atoms with Crippen molar-refractivity contribution in [3.8, 4) is 11.5 Å². The molecule has 1 saturated heterocycles. The van der Waals surface area contributed by atoms with E-state index in [1.165, 1.54) is 11.3 Å². The first-order chi connectivity index (χ1) is 18.8. The second kappa shape index (κ2) is 11.1. The number of esters is 1. The minimum Gasteiger partial charge on any atom is -0.493 e. The summed E-state index contributed by atoms with van der Waals surface area (Å²) in [6.45, 7) is 7.40. The molecular weight excluding hydrogens is 520 g/mol. The van der Waals surface area contributed by atoms with Crippen molar-refractivity contribution in [2.75, 3.05) is 59.0 Å². The summed E-state index contributed by atoms with van der Waals surface area (Å²) in [5.74, 6) is 1.88. The highest BCUT2D eigenvalue weighted by Gasteiger charge is 2.34. The van der Waals surface area contributed by atoms with E-state index in [1.807, 2.05) is 18.2 Å². The van der Waals surface area contributed by atoms with Gasteiger partial charge in [-0.3, -0.25) is 9.36 Å². The number of benzene rings is 1. The van der Waals surface area contributed by atoms with Crippen LogP contribution in [0.4, 0.5) is 5.88 Å². The molecule has 2 aliphatic heterocycles. The summed E-state index contributed by atoms with van der Waals surface area (Å²) >= 11 is 1.25. The van der Waals surface area contributed by atoms with Gasteiger partial charge in [0.25, 0.3) is 5.56 Å². The third kappa shape index (κ3) is 5.11. The highest BCUT2D eigenvalue weighted by molar-refractivity contribution is 7.07. The van der Waals surface area contributed by atoms with E-state index < -0.39 is 12.0 Å². The molecule has 2 aromatic heterocycles. The van der Waals surface area contributed by atoms with Crippen molar-refractivity contribution in [1.29, 1.82) is 0 Å². The number of hydrogen-bond acceptors (Lipinski definition) is 10. The van der Waals surface area contributed by atoms with Gasteiger partial charge < -0.3 is 28.4 Å². The fourth-order valence-corrected chi connectivity index (χ4v) is 5.90. The zero-order valence-electron chi connectivity index (χ0n) is 22.7. The summed E-state index contributed by atoms with van der Waals surface area (Å²) in [4.78, 5) is 36.6. The molecule has 0 spiro atoms. The summed E-state index contributed by atoms with van der Waals surface area (Å²) in [5, 5.41) is 0. The number of carbonyl (C=O) groups excluding carboxylic acids is 1. The average molecular weight is 553 g/mol. The number of carbonyl (C=O) groups is 1. The molecule has 0 radical (unpaired) electrons. The Morgan fingerprint density at radius 2 is 1.87 bits per heavy atom. The number of piperazine rings is 1. The number of nitrogens with zero attached hydrogens (tertiary/aromatic N) is 4. The van der Waals surface area contributed by atoms with Gasteiger partial charge in [-0.1, -0.05) is 17.4 Å². The van der Waals surface area contributed by atoms with Gasteiger partial charge in [0.15, 0.2) is 22.2 Å². The first-order valence-corrected chi connectivity index (χ1v) is 13.6. The Bertz CT molecular complexity index is 1590. The molecule has 4 heterocycles. The number of ether oxygens (including phenoxy) is 3. The van der Waals surface area contributed by atoms with E-state index in [0.29, 0.717) is 43.4 Å². The van der Waals surface area contributed by atoms with Crippen LogP contribution in [0.5, 0.6) is 11.5 Å². The van der Waals surface area contributed by atoms with Crippen LogP contribution in [0.3, 0.4) is 0 Å². The molecular formula is C28H32N4O6S. The van der Waals surface area contributed by atoms with Gasteiger partial charge >= 0.3 is 5.97 Å². The smallest absolute Gasteiger partial charge is 0.338 e. The quantitative estimate of drug-likeness (QED) is 0.412. The monoisotopic (exact) mass is 552 g/mol. The molecule has 39 heavy (non-hydrogen) atoms. The van der Waals surface area contributed by atoms with Gasteiger partial charge in [-0.2, -0.15) is 0 Å². The lowest BCUT2D eigenvalue weighted by molar-refractivity contribution is -0.139. The first-order valence-electron chi connectivity index (χ1n) is 12.8. The number of methoxy groups -OCH3 is 2. The molecule has 1 fully saturated rings. The lowest BCUT2D eigenvalue weighted by Crippen LogP contribution is -2.44. The van der Waals surface area contributed by atoms with Gasteiger partial charge in [-0.25, -0.2) is 9.79 Å². The lowest BCUT2D eigenvalue weighted by atomic mass is 9.95. The van der Waals surface area contributed by atoms with Crippen molar-refractivity contribution in [1.82, 2.24) is 9.47 Å². The number of hydrogen-bond donors (Lipinski definition) is 0. The molecule has 3 aromatic rings. The van der Waals surface area contributed by atoms with Gasteiger partial charge in [-0.05, 0) is 44.7 Å². The van der Waals surface area contributed by atoms with Crippen LogP contribution in [0.25, 0.3) is 6.08 Å². The molecule has 0 amide bonds. The number of thiazole rings is 1. The van der Waals surface area contributed by atoms with Crippen molar-refractivity contribution < 1.29 is 23.4 Å². The number of likely N-dealkylation sites (N-methyl/N-ethyl adjacent to an activating group) is 1. The summed E-state index contributed by atoms with van der Waals surface area (Å²) < 4.78 is 24.4. The zero-order valence-corrected chi connectivity index (χ0v) is 23.5. The van der Waals surface area contributed by atoms with Gasteiger partial charge in [0.05, 0.1) is 42.7 Å². The number of allylic oxidation sites excluding steroid dienone is 1. The van der Waals surface area contributed by atoms with Crippen LogP contribution in [0, 0.1) is 0 Å². The maximum absolute atomic E-state index is 13.9. The van der Waals surface area contributed by atoms with E-state index in [0.717, 1.165) is 32.1 Å². The van der Waals surface area contributed by atoms with Crippen LogP contribution in [0.15, 0.2) is 55.8 Å². The molecule has 0 aliphatic carbocycles. The Balaban J connectivity index is 1.60. The van der Waals surface area contributed by atoms with Crippen LogP contribution in [-0.2, 0) is 9.53 Å². The predicted octanol–water partition coefficient (Wildman–Crippen LogP) is 2.16. The third-order valence-corrected chi connectivity index (χ3v) is 7.92. The van der Waals surface area contributed by atoms with E-state index in [2.05, 4.69) is 21.8 Å². The predicted molar refractivity (Wildman–Crippen MR) is 148 cm³/mol. The number of furan rings is 1. The molecule has 2 aliphatic rings. The third-order valence-electron chi connectivity index (χ3n) is 6.94. The van der Waals surface area contributed by atoms with Crippen molar-refractivity contribution in [3.05, 3.63) is 72.6 Å². The SMILES string of the molecule is CCOC(=O)C1=C(C)N=c2s/c(=C\c3ccc(N4CCN(C)CC4)o3)c(=O)n2[C@H]1c1ccc(OC)c(OC)c1. The van der Waals surface area contributed by atoms with Gasteiger partial charge in [0.1, 0.15) is 5.76 Å². The Hall–Kier alpha value is -3.83. The fraction of sp³-hybridized carbons (Fsp3) is 0.393. The topological polar surface area (TPSA) is 98.7 Å². The maximum Gasteiger partial charge on any atom is 0.338 e. The van der Waals surface area contributed by atoms with Gasteiger partial charge in [-0.15, -0.1) is 0 Å². The summed E-state index contributed by atoms with van der Waals surface area (Å²) in [6.07, 6.45) is 1.73. The minimum atomic E-state index is -0.750. The Labute approximate surface area is 230 Å².